The molecule has 0 bridgehead atoms. The molecule has 18 heavy (non-hydrogen) atoms. The minimum atomic E-state index is -0.666. The lowest BCUT2D eigenvalue weighted by molar-refractivity contribution is -0.0193. The van der Waals surface area contributed by atoms with E-state index in [-0.39, 0.29) is 0 Å². The zero-order valence-corrected chi connectivity index (χ0v) is 12.1. The molecule has 1 aromatic carbocycles. The Bertz CT molecular complexity index is 394. The van der Waals surface area contributed by atoms with Crippen molar-refractivity contribution in [3.8, 4) is 0 Å². The van der Waals surface area contributed by atoms with E-state index in [0.717, 1.165) is 38.0 Å². The van der Waals surface area contributed by atoms with Crippen LogP contribution in [0.25, 0.3) is 0 Å². The van der Waals surface area contributed by atoms with Crippen molar-refractivity contribution in [1.29, 1.82) is 0 Å². The number of halogens is 2. The molecule has 2 rings (SSSR count). The third kappa shape index (κ3) is 3.18. The second kappa shape index (κ2) is 5.79. The van der Waals surface area contributed by atoms with Crippen LogP contribution in [0.15, 0.2) is 18.2 Å². The van der Waals surface area contributed by atoms with Gasteiger partial charge in [0.1, 0.15) is 0 Å². The summed E-state index contributed by atoms with van der Waals surface area (Å²) in [6.07, 6.45) is 2.11. The zero-order chi connectivity index (χ0) is 13.2. The molecule has 1 aromatic rings. The van der Waals surface area contributed by atoms with Crippen molar-refractivity contribution in [1.82, 2.24) is 4.90 Å². The summed E-state index contributed by atoms with van der Waals surface area (Å²) in [5.41, 5.74) is 0.202. The summed E-state index contributed by atoms with van der Waals surface area (Å²) in [4.78, 5) is 2.35. The summed E-state index contributed by atoms with van der Waals surface area (Å²) < 4.78 is 0. The monoisotopic (exact) mass is 287 g/mol. The molecule has 1 fully saturated rings. The smallest absolute Gasteiger partial charge is 0.0713 e. The lowest BCUT2D eigenvalue weighted by atomic mass is 9.85. The normalized spacial score (nSPS) is 20.0. The fourth-order valence-corrected chi connectivity index (χ4v) is 3.02. The zero-order valence-electron chi connectivity index (χ0n) is 10.6. The number of piperidine rings is 1. The van der Waals surface area contributed by atoms with Crippen molar-refractivity contribution >= 4 is 23.2 Å². The van der Waals surface area contributed by atoms with Gasteiger partial charge in [0, 0.05) is 29.6 Å². The molecule has 0 unspecified atom stereocenters. The van der Waals surface area contributed by atoms with Crippen LogP contribution < -0.4 is 0 Å². The van der Waals surface area contributed by atoms with Gasteiger partial charge < -0.3 is 10.0 Å². The Balaban J connectivity index is 2.09. The Morgan fingerprint density at radius 1 is 1.22 bits per heavy atom. The van der Waals surface area contributed by atoms with Crippen molar-refractivity contribution in [3.63, 3.8) is 0 Å². The maximum absolute atomic E-state index is 10.6. The number of aliphatic hydroxyl groups is 1. The Labute approximate surface area is 119 Å². The second-order valence-corrected chi connectivity index (χ2v) is 5.85. The van der Waals surface area contributed by atoms with Crippen LogP contribution in [0.5, 0.6) is 0 Å². The molecule has 0 amide bonds. The van der Waals surface area contributed by atoms with E-state index in [9.17, 15) is 5.11 Å². The van der Waals surface area contributed by atoms with Crippen molar-refractivity contribution < 1.29 is 5.11 Å². The first-order chi connectivity index (χ1) is 8.54. The van der Waals surface area contributed by atoms with Crippen LogP contribution >= 0.6 is 23.2 Å². The highest BCUT2D eigenvalue weighted by molar-refractivity contribution is 6.36. The molecular weight excluding hydrogens is 269 g/mol. The van der Waals surface area contributed by atoms with Crippen molar-refractivity contribution in [3.05, 3.63) is 33.8 Å². The van der Waals surface area contributed by atoms with Gasteiger partial charge in [-0.2, -0.15) is 0 Å². The van der Waals surface area contributed by atoms with Crippen LogP contribution in [0.2, 0.25) is 10.0 Å². The van der Waals surface area contributed by atoms with E-state index >= 15 is 0 Å². The minimum absolute atomic E-state index is 0.545. The van der Waals surface area contributed by atoms with Crippen LogP contribution in [0.1, 0.15) is 25.3 Å². The second-order valence-electron chi connectivity index (χ2n) is 5.04. The summed E-state index contributed by atoms with van der Waals surface area (Å²) in [5, 5.41) is 11.9. The summed E-state index contributed by atoms with van der Waals surface area (Å²) in [7, 11) is 0. The van der Waals surface area contributed by atoms with Crippen molar-refractivity contribution in [2.75, 3.05) is 19.6 Å². The number of nitrogens with zero attached hydrogens (tertiary/aromatic N) is 1. The molecule has 2 nitrogen and oxygen atoms in total. The minimum Gasteiger partial charge on any atom is -0.389 e. The third-order valence-electron chi connectivity index (χ3n) is 3.80. The Morgan fingerprint density at radius 2 is 1.78 bits per heavy atom. The van der Waals surface area contributed by atoms with Gasteiger partial charge in [0.05, 0.1) is 5.60 Å². The Morgan fingerprint density at radius 3 is 2.28 bits per heavy atom. The van der Waals surface area contributed by atoms with Gasteiger partial charge in [0.2, 0.25) is 0 Å². The lowest BCUT2D eigenvalue weighted by Crippen LogP contribution is -2.45. The van der Waals surface area contributed by atoms with Gasteiger partial charge in [-0.1, -0.05) is 36.2 Å². The summed E-state index contributed by atoms with van der Waals surface area (Å²) >= 11 is 12.3. The van der Waals surface area contributed by atoms with Gasteiger partial charge in [0.25, 0.3) is 0 Å². The topological polar surface area (TPSA) is 23.5 Å². The molecule has 1 heterocycles. The quantitative estimate of drug-likeness (QED) is 0.921. The maximum atomic E-state index is 10.6. The van der Waals surface area contributed by atoms with Gasteiger partial charge in [-0.15, -0.1) is 0 Å². The molecule has 1 aliphatic rings. The average Bonchev–Trinajstić information content (AvgIpc) is 2.35. The van der Waals surface area contributed by atoms with Crippen LogP contribution in [0.4, 0.5) is 0 Å². The summed E-state index contributed by atoms with van der Waals surface area (Å²) in [6, 6.07) is 5.48. The van der Waals surface area contributed by atoms with E-state index in [2.05, 4.69) is 11.8 Å². The fraction of sp³-hybridized carbons (Fsp3) is 0.571. The molecule has 1 saturated heterocycles. The first-order valence-electron chi connectivity index (χ1n) is 6.42. The largest absolute Gasteiger partial charge is 0.389 e. The molecule has 4 heteroatoms. The summed E-state index contributed by atoms with van der Waals surface area (Å²) in [6.45, 7) is 5.07. The molecule has 100 valence electrons. The average molecular weight is 288 g/mol. The van der Waals surface area contributed by atoms with Crippen molar-refractivity contribution in [2.45, 2.75) is 31.8 Å². The molecular formula is C14H19Cl2NO. The van der Waals surface area contributed by atoms with E-state index in [4.69, 9.17) is 23.2 Å². The van der Waals surface area contributed by atoms with Crippen LogP contribution in [-0.4, -0.2) is 35.2 Å². The predicted molar refractivity (Wildman–Crippen MR) is 76.5 cm³/mol. The molecule has 0 saturated carbocycles. The highest BCUT2D eigenvalue weighted by atomic mass is 35.5. The van der Waals surface area contributed by atoms with Crippen LogP contribution in [-0.2, 0) is 6.42 Å². The van der Waals surface area contributed by atoms with E-state index in [1.165, 1.54) is 0 Å². The van der Waals surface area contributed by atoms with E-state index < -0.39 is 5.60 Å². The molecule has 1 N–H and O–H groups in total. The van der Waals surface area contributed by atoms with Gasteiger partial charge in [-0.3, -0.25) is 0 Å². The Hall–Kier alpha value is -0.280. The molecule has 0 radical (unpaired) electrons. The van der Waals surface area contributed by atoms with Crippen molar-refractivity contribution in [2.24, 2.45) is 0 Å². The van der Waals surface area contributed by atoms with Gasteiger partial charge in [-0.05, 0) is 37.1 Å². The fourth-order valence-electron chi connectivity index (χ4n) is 2.49. The number of likely N-dealkylation sites (tertiary alicyclic amines) is 1. The maximum Gasteiger partial charge on any atom is 0.0713 e. The molecule has 0 aliphatic carbocycles. The third-order valence-corrected chi connectivity index (χ3v) is 4.51. The predicted octanol–water partition coefficient (Wildman–Crippen LogP) is 3.38. The lowest BCUT2D eigenvalue weighted by Gasteiger charge is -2.38. The standard InChI is InChI=1S/C14H19Cl2NO/c1-2-17-8-6-14(18,7-9-17)10-11-12(15)4-3-5-13(11)16/h3-5,18H,2,6-10H2,1H3. The van der Waals surface area contributed by atoms with Crippen LogP contribution in [0, 0.1) is 0 Å². The highest BCUT2D eigenvalue weighted by Crippen LogP contribution is 2.32. The molecule has 0 spiro atoms. The van der Waals surface area contributed by atoms with Gasteiger partial charge >= 0.3 is 0 Å². The van der Waals surface area contributed by atoms with Crippen LogP contribution in [0.3, 0.4) is 0 Å². The first-order valence-corrected chi connectivity index (χ1v) is 7.17. The number of benzene rings is 1. The molecule has 0 aromatic heterocycles. The summed E-state index contributed by atoms with van der Waals surface area (Å²) in [5.74, 6) is 0. The van der Waals surface area contributed by atoms with Gasteiger partial charge in [0.15, 0.2) is 0 Å². The van der Waals surface area contributed by atoms with E-state index in [0.29, 0.717) is 16.5 Å². The Kier molecular flexibility index (Phi) is 4.54. The highest BCUT2D eigenvalue weighted by Gasteiger charge is 2.33. The molecule has 0 atom stereocenters. The number of rotatable bonds is 3. The SMILES string of the molecule is CCN1CCC(O)(Cc2c(Cl)cccc2Cl)CC1. The first kappa shape index (κ1) is 14.1. The number of hydrogen-bond acceptors (Lipinski definition) is 2. The van der Waals surface area contributed by atoms with E-state index in [1.807, 2.05) is 18.2 Å². The number of hydrogen-bond donors (Lipinski definition) is 1. The van der Waals surface area contributed by atoms with Gasteiger partial charge in [-0.25, -0.2) is 0 Å². The van der Waals surface area contributed by atoms with E-state index in [1.54, 1.807) is 0 Å². The molecule has 1 aliphatic heterocycles.